The molecule has 0 N–H and O–H groups in total. The van der Waals surface area contributed by atoms with Gasteiger partial charge >= 0.3 is 0 Å². The molecule has 0 aliphatic rings. The molecule has 0 aromatic heterocycles. The number of rotatable bonds is 5. The Kier molecular flexibility index (Phi) is 4.38. The van der Waals surface area contributed by atoms with Gasteiger partial charge in [-0.1, -0.05) is 49.7 Å². The summed E-state index contributed by atoms with van der Waals surface area (Å²) in [6.07, 6.45) is 2.27. The molecule has 0 saturated heterocycles. The van der Waals surface area contributed by atoms with Crippen LogP contribution < -0.4 is 4.74 Å². The van der Waals surface area contributed by atoms with Crippen molar-refractivity contribution in [2.75, 3.05) is 0 Å². The lowest BCUT2D eigenvalue weighted by Crippen LogP contribution is -1.96. The van der Waals surface area contributed by atoms with Crippen molar-refractivity contribution in [3.8, 4) is 5.75 Å². The maximum absolute atomic E-state index is 13.2. The Morgan fingerprint density at radius 1 is 0.818 bits per heavy atom. The highest BCUT2D eigenvalue weighted by molar-refractivity contribution is 5.83. The summed E-state index contributed by atoms with van der Waals surface area (Å²) in [5, 5.41) is 1.87. The number of ether oxygens (including phenoxy) is 1. The van der Waals surface area contributed by atoms with Crippen LogP contribution in [-0.2, 0) is 13.0 Å². The van der Waals surface area contributed by atoms with Crippen LogP contribution in [0.25, 0.3) is 10.8 Å². The summed E-state index contributed by atoms with van der Waals surface area (Å²) in [5.74, 6) is 0.588. The van der Waals surface area contributed by atoms with E-state index >= 15 is 0 Å². The second-order valence-corrected chi connectivity index (χ2v) is 5.51. The van der Waals surface area contributed by atoms with Crippen molar-refractivity contribution in [2.24, 2.45) is 0 Å². The third-order valence-corrected chi connectivity index (χ3v) is 3.74. The highest BCUT2D eigenvalue weighted by atomic mass is 19.1. The van der Waals surface area contributed by atoms with Gasteiger partial charge in [-0.2, -0.15) is 0 Å². The van der Waals surface area contributed by atoms with E-state index in [1.165, 1.54) is 17.7 Å². The van der Waals surface area contributed by atoms with Gasteiger partial charge in [-0.25, -0.2) is 4.39 Å². The van der Waals surface area contributed by atoms with Gasteiger partial charge in [0.15, 0.2) is 0 Å². The summed E-state index contributed by atoms with van der Waals surface area (Å²) in [4.78, 5) is 0. The third kappa shape index (κ3) is 3.45. The second kappa shape index (κ2) is 6.61. The standard InChI is InChI=1S/C20H19FO/c1-2-3-15-4-6-16(7-5-15)14-22-20-11-9-17-12-19(21)10-8-18(17)13-20/h4-13H,2-3,14H2,1H3. The van der Waals surface area contributed by atoms with Gasteiger partial charge in [-0.3, -0.25) is 0 Å². The Morgan fingerprint density at radius 3 is 2.27 bits per heavy atom. The summed E-state index contributed by atoms with van der Waals surface area (Å²) < 4.78 is 19.0. The fraction of sp³-hybridized carbons (Fsp3) is 0.200. The molecule has 0 atom stereocenters. The molecule has 0 bridgehead atoms. The zero-order chi connectivity index (χ0) is 15.4. The average Bonchev–Trinajstić information content (AvgIpc) is 2.54. The number of fused-ring (bicyclic) bond motifs is 1. The minimum Gasteiger partial charge on any atom is -0.489 e. The SMILES string of the molecule is CCCc1ccc(COc2ccc3cc(F)ccc3c2)cc1. The Morgan fingerprint density at radius 2 is 1.50 bits per heavy atom. The zero-order valence-corrected chi connectivity index (χ0v) is 12.7. The molecule has 112 valence electrons. The molecule has 0 fully saturated rings. The summed E-state index contributed by atoms with van der Waals surface area (Å²) in [5.41, 5.74) is 2.51. The predicted octanol–water partition coefficient (Wildman–Crippen LogP) is 5.51. The van der Waals surface area contributed by atoms with Gasteiger partial charge in [-0.05, 0) is 52.6 Å². The number of hydrogen-bond donors (Lipinski definition) is 0. The number of aryl methyl sites for hydroxylation is 1. The van der Waals surface area contributed by atoms with Crippen molar-refractivity contribution < 1.29 is 9.13 Å². The second-order valence-electron chi connectivity index (χ2n) is 5.51. The molecule has 0 amide bonds. The zero-order valence-electron chi connectivity index (χ0n) is 12.7. The van der Waals surface area contributed by atoms with Crippen molar-refractivity contribution in [1.82, 2.24) is 0 Å². The van der Waals surface area contributed by atoms with Gasteiger partial charge in [0.05, 0.1) is 0 Å². The molecule has 0 radical (unpaired) electrons. The molecule has 0 heterocycles. The van der Waals surface area contributed by atoms with Gasteiger partial charge in [0.2, 0.25) is 0 Å². The monoisotopic (exact) mass is 294 g/mol. The van der Waals surface area contributed by atoms with E-state index in [4.69, 9.17) is 4.74 Å². The molecule has 0 aliphatic carbocycles. The van der Waals surface area contributed by atoms with Crippen LogP contribution in [-0.4, -0.2) is 0 Å². The molecule has 0 unspecified atom stereocenters. The number of halogens is 1. The van der Waals surface area contributed by atoms with Gasteiger partial charge in [0.25, 0.3) is 0 Å². The summed E-state index contributed by atoms with van der Waals surface area (Å²) in [7, 11) is 0. The molecule has 0 aliphatic heterocycles. The molecule has 0 saturated carbocycles. The van der Waals surface area contributed by atoms with Gasteiger partial charge in [-0.15, -0.1) is 0 Å². The first-order valence-electron chi connectivity index (χ1n) is 7.64. The Hall–Kier alpha value is -2.35. The molecule has 3 aromatic carbocycles. The van der Waals surface area contributed by atoms with Gasteiger partial charge in [0, 0.05) is 0 Å². The minimum atomic E-state index is -0.215. The average molecular weight is 294 g/mol. The van der Waals surface area contributed by atoms with E-state index in [2.05, 4.69) is 31.2 Å². The van der Waals surface area contributed by atoms with Crippen molar-refractivity contribution in [2.45, 2.75) is 26.4 Å². The lowest BCUT2D eigenvalue weighted by Gasteiger charge is -2.08. The highest BCUT2D eigenvalue weighted by Gasteiger charge is 2.00. The van der Waals surface area contributed by atoms with E-state index in [9.17, 15) is 4.39 Å². The van der Waals surface area contributed by atoms with Crippen LogP contribution in [0, 0.1) is 5.82 Å². The van der Waals surface area contributed by atoms with Crippen LogP contribution >= 0.6 is 0 Å². The van der Waals surface area contributed by atoms with Crippen LogP contribution in [0.15, 0.2) is 60.7 Å². The summed E-state index contributed by atoms with van der Waals surface area (Å²) in [6, 6.07) is 19.0. The van der Waals surface area contributed by atoms with E-state index in [1.54, 1.807) is 6.07 Å². The molecular weight excluding hydrogens is 275 g/mol. The van der Waals surface area contributed by atoms with Gasteiger partial charge in [0.1, 0.15) is 18.2 Å². The van der Waals surface area contributed by atoms with Crippen molar-refractivity contribution >= 4 is 10.8 Å². The Balaban J connectivity index is 1.69. The van der Waals surface area contributed by atoms with Crippen molar-refractivity contribution in [3.63, 3.8) is 0 Å². The summed E-state index contributed by atoms with van der Waals surface area (Å²) >= 11 is 0. The summed E-state index contributed by atoms with van der Waals surface area (Å²) in [6.45, 7) is 2.72. The normalized spacial score (nSPS) is 10.8. The van der Waals surface area contributed by atoms with Crippen molar-refractivity contribution in [1.29, 1.82) is 0 Å². The highest BCUT2D eigenvalue weighted by Crippen LogP contribution is 2.22. The molecule has 1 nitrogen and oxygen atoms in total. The lowest BCUT2D eigenvalue weighted by molar-refractivity contribution is 0.306. The first kappa shape index (κ1) is 14.6. The fourth-order valence-electron chi connectivity index (χ4n) is 2.54. The van der Waals surface area contributed by atoms with E-state index in [0.717, 1.165) is 34.9 Å². The quantitative estimate of drug-likeness (QED) is 0.603. The van der Waals surface area contributed by atoms with Crippen LogP contribution in [0.1, 0.15) is 24.5 Å². The first-order valence-corrected chi connectivity index (χ1v) is 7.64. The number of hydrogen-bond acceptors (Lipinski definition) is 1. The van der Waals surface area contributed by atoms with Gasteiger partial charge < -0.3 is 4.74 Å². The smallest absolute Gasteiger partial charge is 0.123 e. The van der Waals surface area contributed by atoms with E-state index in [-0.39, 0.29) is 5.82 Å². The van der Waals surface area contributed by atoms with E-state index in [0.29, 0.717) is 6.61 Å². The maximum Gasteiger partial charge on any atom is 0.123 e. The molecular formula is C20H19FO. The van der Waals surface area contributed by atoms with Crippen LogP contribution in [0.3, 0.4) is 0 Å². The topological polar surface area (TPSA) is 9.23 Å². The fourth-order valence-corrected chi connectivity index (χ4v) is 2.54. The largest absolute Gasteiger partial charge is 0.489 e. The van der Waals surface area contributed by atoms with Crippen LogP contribution in [0.4, 0.5) is 4.39 Å². The molecule has 3 rings (SSSR count). The van der Waals surface area contributed by atoms with E-state index in [1.807, 2.05) is 18.2 Å². The Labute approximate surface area is 130 Å². The van der Waals surface area contributed by atoms with Crippen molar-refractivity contribution in [3.05, 3.63) is 77.6 Å². The molecule has 22 heavy (non-hydrogen) atoms. The molecule has 3 aromatic rings. The number of benzene rings is 3. The van der Waals surface area contributed by atoms with Crippen LogP contribution in [0.2, 0.25) is 0 Å². The first-order chi connectivity index (χ1) is 10.7. The predicted molar refractivity (Wildman–Crippen MR) is 88.7 cm³/mol. The molecule has 0 spiro atoms. The maximum atomic E-state index is 13.2. The lowest BCUT2D eigenvalue weighted by atomic mass is 10.1. The molecule has 2 heteroatoms. The third-order valence-electron chi connectivity index (χ3n) is 3.74. The van der Waals surface area contributed by atoms with E-state index < -0.39 is 0 Å². The Bertz CT molecular complexity index is 762. The van der Waals surface area contributed by atoms with Crippen LogP contribution in [0.5, 0.6) is 5.75 Å². The minimum absolute atomic E-state index is 0.215.